The fourth-order valence-electron chi connectivity index (χ4n) is 1.98. The highest BCUT2D eigenvalue weighted by atomic mass is 79.9. The molecule has 0 radical (unpaired) electrons. The van der Waals surface area contributed by atoms with Crippen molar-refractivity contribution >= 4 is 27.5 Å². The Morgan fingerprint density at radius 3 is 2.74 bits per heavy atom. The van der Waals surface area contributed by atoms with Gasteiger partial charge in [0.1, 0.15) is 0 Å². The van der Waals surface area contributed by atoms with E-state index in [4.69, 9.17) is 26.3 Å². The highest BCUT2D eigenvalue weighted by Gasteiger charge is 2.43. The van der Waals surface area contributed by atoms with Crippen LogP contribution < -0.4 is 9.47 Å². The first-order valence-corrected chi connectivity index (χ1v) is 7.56. The van der Waals surface area contributed by atoms with Gasteiger partial charge in [-0.05, 0) is 18.9 Å². The SMILES string of the molecule is COc1cc(Cl)cc(CBr)c1OCC1(CC#N)CC1. The van der Waals surface area contributed by atoms with Crippen LogP contribution in [-0.4, -0.2) is 13.7 Å². The number of benzene rings is 1. The molecule has 0 bridgehead atoms. The van der Waals surface area contributed by atoms with Crippen LogP contribution in [0.25, 0.3) is 0 Å². The van der Waals surface area contributed by atoms with E-state index in [1.807, 2.05) is 6.07 Å². The Kier molecular flexibility index (Phi) is 4.59. The van der Waals surface area contributed by atoms with Crippen LogP contribution in [0.2, 0.25) is 5.02 Å². The average Bonchev–Trinajstić information content (AvgIpc) is 3.16. The number of nitriles is 1. The van der Waals surface area contributed by atoms with Gasteiger partial charge in [-0.2, -0.15) is 5.26 Å². The lowest BCUT2D eigenvalue weighted by molar-refractivity contribution is 0.225. The Morgan fingerprint density at radius 2 is 2.21 bits per heavy atom. The summed E-state index contributed by atoms with van der Waals surface area (Å²) in [6.45, 7) is 0.554. The largest absolute Gasteiger partial charge is 0.493 e. The molecule has 0 saturated heterocycles. The van der Waals surface area contributed by atoms with Crippen LogP contribution in [0.5, 0.6) is 11.5 Å². The average molecular weight is 345 g/mol. The van der Waals surface area contributed by atoms with Crippen LogP contribution in [0.15, 0.2) is 12.1 Å². The molecule has 1 aliphatic carbocycles. The van der Waals surface area contributed by atoms with Gasteiger partial charge in [0, 0.05) is 33.8 Å². The topological polar surface area (TPSA) is 42.2 Å². The molecule has 102 valence electrons. The first kappa shape index (κ1) is 14.5. The fraction of sp³-hybridized carbons (Fsp3) is 0.500. The van der Waals surface area contributed by atoms with E-state index >= 15 is 0 Å². The van der Waals surface area contributed by atoms with Crippen LogP contribution in [0.4, 0.5) is 0 Å². The molecule has 0 N–H and O–H groups in total. The minimum Gasteiger partial charge on any atom is -0.493 e. The molecule has 5 heteroatoms. The number of alkyl halides is 1. The zero-order valence-electron chi connectivity index (χ0n) is 10.7. The van der Waals surface area contributed by atoms with Gasteiger partial charge in [0.05, 0.1) is 19.8 Å². The normalized spacial score (nSPS) is 15.7. The molecule has 0 aliphatic heterocycles. The Bertz CT molecular complexity index is 484. The molecular formula is C14H15BrClNO2. The van der Waals surface area contributed by atoms with Crippen molar-refractivity contribution in [2.24, 2.45) is 5.41 Å². The second-order valence-corrected chi connectivity index (χ2v) is 5.85. The predicted octanol–water partition coefficient (Wildman–Crippen LogP) is 4.32. The second-order valence-electron chi connectivity index (χ2n) is 4.85. The lowest BCUT2D eigenvalue weighted by atomic mass is 10.1. The Labute approximate surface area is 126 Å². The summed E-state index contributed by atoms with van der Waals surface area (Å²) in [5, 5.41) is 10.1. The van der Waals surface area contributed by atoms with Gasteiger partial charge in [0.2, 0.25) is 0 Å². The minimum absolute atomic E-state index is 0.0446. The smallest absolute Gasteiger partial charge is 0.165 e. The lowest BCUT2D eigenvalue weighted by Crippen LogP contribution is -2.13. The Hall–Kier alpha value is -0.920. The maximum absolute atomic E-state index is 8.82. The van der Waals surface area contributed by atoms with Crippen LogP contribution in [0.3, 0.4) is 0 Å². The molecule has 0 amide bonds. The standard InChI is InChI=1S/C14H15BrClNO2/c1-18-12-7-11(16)6-10(8-15)13(12)19-9-14(2-3-14)4-5-17/h6-7H,2-4,8-9H2,1H3. The van der Waals surface area contributed by atoms with Crippen LogP contribution >= 0.6 is 27.5 Å². The maximum Gasteiger partial charge on any atom is 0.165 e. The van der Waals surface area contributed by atoms with Crippen molar-refractivity contribution in [1.29, 1.82) is 5.26 Å². The molecule has 19 heavy (non-hydrogen) atoms. The van der Waals surface area contributed by atoms with Crippen LogP contribution in [-0.2, 0) is 5.33 Å². The summed E-state index contributed by atoms with van der Waals surface area (Å²) in [6.07, 6.45) is 2.66. The molecular weight excluding hydrogens is 330 g/mol. The first-order valence-electron chi connectivity index (χ1n) is 6.06. The molecule has 0 aromatic heterocycles. The number of ether oxygens (including phenoxy) is 2. The Morgan fingerprint density at radius 1 is 1.47 bits per heavy atom. The quantitative estimate of drug-likeness (QED) is 0.722. The van der Waals surface area contributed by atoms with Gasteiger partial charge in [0.25, 0.3) is 0 Å². The molecule has 1 fully saturated rings. The summed E-state index contributed by atoms with van der Waals surface area (Å²) in [6, 6.07) is 5.83. The van der Waals surface area contributed by atoms with Crippen molar-refractivity contribution in [3.05, 3.63) is 22.7 Å². The number of hydrogen-bond acceptors (Lipinski definition) is 3. The lowest BCUT2D eigenvalue weighted by Gasteiger charge is -2.18. The van der Waals surface area contributed by atoms with E-state index in [-0.39, 0.29) is 5.41 Å². The van der Waals surface area contributed by atoms with E-state index in [9.17, 15) is 0 Å². The third-order valence-corrected chi connectivity index (χ3v) is 4.22. The zero-order valence-corrected chi connectivity index (χ0v) is 13.1. The van der Waals surface area contributed by atoms with Crippen LogP contribution in [0.1, 0.15) is 24.8 Å². The van der Waals surface area contributed by atoms with E-state index < -0.39 is 0 Å². The maximum atomic E-state index is 8.82. The van der Waals surface area contributed by atoms with Gasteiger partial charge in [-0.3, -0.25) is 0 Å². The summed E-state index contributed by atoms with van der Waals surface area (Å²) >= 11 is 9.46. The van der Waals surface area contributed by atoms with E-state index in [1.54, 1.807) is 13.2 Å². The predicted molar refractivity (Wildman–Crippen MR) is 78.0 cm³/mol. The van der Waals surface area contributed by atoms with Crippen molar-refractivity contribution in [2.75, 3.05) is 13.7 Å². The molecule has 0 unspecified atom stereocenters. The Balaban J connectivity index is 2.17. The van der Waals surface area contributed by atoms with Gasteiger partial charge in [0.15, 0.2) is 11.5 Å². The molecule has 3 nitrogen and oxygen atoms in total. The molecule has 0 spiro atoms. The van der Waals surface area contributed by atoms with Gasteiger partial charge < -0.3 is 9.47 Å². The number of rotatable bonds is 6. The first-order chi connectivity index (χ1) is 9.14. The van der Waals surface area contributed by atoms with Crippen molar-refractivity contribution in [1.82, 2.24) is 0 Å². The third kappa shape index (κ3) is 3.34. The molecule has 0 atom stereocenters. The minimum atomic E-state index is 0.0446. The van der Waals surface area contributed by atoms with Gasteiger partial charge in [-0.25, -0.2) is 0 Å². The van der Waals surface area contributed by atoms with E-state index in [0.717, 1.165) is 18.4 Å². The number of methoxy groups -OCH3 is 1. The molecule has 1 aromatic rings. The third-order valence-electron chi connectivity index (χ3n) is 3.39. The monoisotopic (exact) mass is 343 g/mol. The summed E-state index contributed by atoms with van der Waals surface area (Å²) in [5.74, 6) is 1.35. The molecule has 1 aliphatic rings. The second kappa shape index (κ2) is 6.02. The molecule has 1 saturated carbocycles. The van der Waals surface area contributed by atoms with Gasteiger partial charge in [-0.15, -0.1) is 0 Å². The summed E-state index contributed by atoms with van der Waals surface area (Å²) in [5.41, 5.74) is 1.00. The molecule has 2 rings (SSSR count). The van der Waals surface area contributed by atoms with Crippen molar-refractivity contribution < 1.29 is 9.47 Å². The molecule has 1 aromatic carbocycles. The van der Waals surface area contributed by atoms with Crippen molar-refractivity contribution in [2.45, 2.75) is 24.6 Å². The number of hydrogen-bond donors (Lipinski definition) is 0. The summed E-state index contributed by atoms with van der Waals surface area (Å²) in [4.78, 5) is 0. The summed E-state index contributed by atoms with van der Waals surface area (Å²) in [7, 11) is 1.60. The highest BCUT2D eigenvalue weighted by molar-refractivity contribution is 9.08. The van der Waals surface area contributed by atoms with Crippen molar-refractivity contribution in [3.8, 4) is 17.6 Å². The summed E-state index contributed by atoms with van der Waals surface area (Å²) < 4.78 is 11.2. The van der Waals surface area contributed by atoms with E-state index in [2.05, 4.69) is 22.0 Å². The number of nitrogens with zero attached hydrogens (tertiary/aromatic N) is 1. The van der Waals surface area contributed by atoms with E-state index in [1.165, 1.54) is 0 Å². The molecule has 0 heterocycles. The van der Waals surface area contributed by atoms with Crippen LogP contribution in [0, 0.1) is 16.7 Å². The van der Waals surface area contributed by atoms with Gasteiger partial charge >= 0.3 is 0 Å². The highest BCUT2D eigenvalue weighted by Crippen LogP contribution is 2.49. The van der Waals surface area contributed by atoms with Gasteiger partial charge in [-0.1, -0.05) is 27.5 Å². The van der Waals surface area contributed by atoms with Crippen molar-refractivity contribution in [3.63, 3.8) is 0 Å². The zero-order chi connectivity index (χ0) is 13.9. The number of halogens is 2. The fourth-order valence-corrected chi connectivity index (χ4v) is 2.63. The van der Waals surface area contributed by atoms with E-state index in [0.29, 0.717) is 34.9 Å².